The predicted octanol–water partition coefficient (Wildman–Crippen LogP) is 2.54. The zero-order valence-electron chi connectivity index (χ0n) is 6.30. The Balaban J connectivity index is 2.76. The number of para-hydroxylation sites is 1. The molecule has 1 heteroatoms. The quantitative estimate of drug-likeness (QED) is 0.592. The number of benzene rings is 1. The zero-order chi connectivity index (χ0) is 7.68. The van der Waals surface area contributed by atoms with Crippen molar-refractivity contribution in [2.45, 2.75) is 6.42 Å². The average Bonchev–Trinajstić information content (AvgIpc) is 2.47. The van der Waals surface area contributed by atoms with E-state index in [1.807, 2.05) is 12.3 Å². The molecule has 1 aromatic heterocycles. The first-order valence-corrected chi connectivity index (χ1v) is 3.76. The topological polar surface area (TPSA) is 15.8 Å². The van der Waals surface area contributed by atoms with Gasteiger partial charge >= 0.3 is 0 Å². The van der Waals surface area contributed by atoms with Crippen LogP contribution in [0, 0.1) is 6.92 Å². The minimum Gasteiger partial charge on any atom is -0.361 e. The lowest BCUT2D eigenvalue weighted by Gasteiger charge is -1.88. The van der Waals surface area contributed by atoms with E-state index in [9.17, 15) is 0 Å². The number of nitrogens with one attached hydrogen (secondary N) is 1. The summed E-state index contributed by atoms with van der Waals surface area (Å²) in [6.45, 7) is 3.86. The van der Waals surface area contributed by atoms with Crippen LogP contribution in [0.4, 0.5) is 0 Å². The van der Waals surface area contributed by atoms with Crippen LogP contribution in [0.1, 0.15) is 5.56 Å². The largest absolute Gasteiger partial charge is 0.361 e. The first-order chi connectivity index (χ1) is 5.42. The number of H-pyrrole nitrogens is 1. The molecule has 0 aliphatic rings. The van der Waals surface area contributed by atoms with E-state index in [2.05, 4.69) is 30.1 Å². The third-order valence-electron chi connectivity index (χ3n) is 1.94. The van der Waals surface area contributed by atoms with Gasteiger partial charge in [-0.3, -0.25) is 0 Å². The highest BCUT2D eigenvalue weighted by molar-refractivity contribution is 5.83. The number of rotatable bonds is 1. The van der Waals surface area contributed by atoms with Crippen LogP contribution in [0.15, 0.2) is 30.5 Å². The molecule has 0 bridgehead atoms. The number of aromatic nitrogens is 1. The van der Waals surface area contributed by atoms with E-state index in [-0.39, 0.29) is 0 Å². The average molecular weight is 144 g/mol. The molecule has 0 amide bonds. The summed E-state index contributed by atoms with van der Waals surface area (Å²) in [5, 5.41) is 1.29. The molecule has 0 saturated carbocycles. The van der Waals surface area contributed by atoms with Crippen molar-refractivity contribution in [3.8, 4) is 0 Å². The molecule has 0 spiro atoms. The third kappa shape index (κ3) is 0.891. The van der Waals surface area contributed by atoms with Crippen LogP contribution in [0.25, 0.3) is 10.9 Å². The van der Waals surface area contributed by atoms with Gasteiger partial charge in [-0.25, -0.2) is 0 Å². The monoisotopic (exact) mass is 144 g/mol. The zero-order valence-corrected chi connectivity index (χ0v) is 6.30. The molecule has 11 heavy (non-hydrogen) atoms. The highest BCUT2D eigenvalue weighted by Gasteiger charge is 2.00. The van der Waals surface area contributed by atoms with Gasteiger partial charge in [0.2, 0.25) is 0 Å². The fourth-order valence-electron chi connectivity index (χ4n) is 1.34. The molecule has 2 rings (SSSR count). The Kier molecular flexibility index (Phi) is 1.35. The first-order valence-electron chi connectivity index (χ1n) is 3.76. The van der Waals surface area contributed by atoms with E-state index < -0.39 is 0 Å². The molecule has 0 unspecified atom stereocenters. The van der Waals surface area contributed by atoms with Crippen LogP contribution in [-0.4, -0.2) is 4.98 Å². The summed E-state index contributed by atoms with van der Waals surface area (Å²) >= 11 is 0. The number of fused-ring (bicyclic) bond motifs is 1. The molecule has 1 N–H and O–H groups in total. The Morgan fingerprint density at radius 3 is 2.91 bits per heavy atom. The second kappa shape index (κ2) is 2.35. The van der Waals surface area contributed by atoms with E-state index in [0.717, 1.165) is 6.42 Å². The lowest BCUT2D eigenvalue weighted by Crippen LogP contribution is -1.73. The fraction of sp³-hybridized carbons (Fsp3) is 0.100. The van der Waals surface area contributed by atoms with Gasteiger partial charge in [-0.05, 0) is 6.07 Å². The molecular formula is C10H10N+. The number of hydrogen-bond donors (Lipinski definition) is 1. The maximum absolute atomic E-state index is 3.86. The van der Waals surface area contributed by atoms with Crippen molar-refractivity contribution < 1.29 is 0 Å². The van der Waals surface area contributed by atoms with Crippen LogP contribution in [0.3, 0.4) is 0 Å². The van der Waals surface area contributed by atoms with Crippen molar-refractivity contribution in [2.24, 2.45) is 0 Å². The minimum absolute atomic E-state index is 0.851. The van der Waals surface area contributed by atoms with E-state index in [1.165, 1.54) is 16.5 Å². The molecule has 1 heterocycles. The van der Waals surface area contributed by atoms with Gasteiger partial charge in [0.1, 0.15) is 6.42 Å². The maximum atomic E-state index is 3.86. The van der Waals surface area contributed by atoms with Gasteiger partial charge in [-0.1, -0.05) is 18.2 Å². The van der Waals surface area contributed by atoms with E-state index in [1.54, 1.807) is 0 Å². The van der Waals surface area contributed by atoms with Gasteiger partial charge in [0, 0.05) is 22.7 Å². The predicted molar refractivity (Wildman–Crippen MR) is 47.4 cm³/mol. The fourth-order valence-corrected chi connectivity index (χ4v) is 1.34. The van der Waals surface area contributed by atoms with Crippen molar-refractivity contribution in [3.63, 3.8) is 0 Å². The number of hydrogen-bond acceptors (Lipinski definition) is 0. The van der Waals surface area contributed by atoms with Gasteiger partial charge < -0.3 is 4.98 Å². The Morgan fingerprint density at radius 1 is 1.27 bits per heavy atom. The van der Waals surface area contributed by atoms with Crippen LogP contribution in [0.5, 0.6) is 0 Å². The van der Waals surface area contributed by atoms with Gasteiger partial charge in [0.05, 0.1) is 6.92 Å². The lowest BCUT2D eigenvalue weighted by molar-refractivity contribution is 1.29. The highest BCUT2D eigenvalue weighted by Crippen LogP contribution is 2.17. The molecule has 1 aromatic carbocycles. The van der Waals surface area contributed by atoms with Crippen LogP contribution in [0.2, 0.25) is 0 Å². The maximum Gasteiger partial charge on any atom is 0.112 e. The van der Waals surface area contributed by atoms with Gasteiger partial charge in [-0.15, -0.1) is 0 Å². The van der Waals surface area contributed by atoms with Gasteiger partial charge in [-0.2, -0.15) is 0 Å². The molecule has 0 aliphatic carbocycles. The second-order valence-corrected chi connectivity index (χ2v) is 2.61. The standard InChI is InChI=1S/C10H10N/c1-2-8-7-11-10-6-4-3-5-9(8)10/h3-7,11H,1-2H2/q+1. The first kappa shape index (κ1) is 6.35. The summed E-state index contributed by atoms with van der Waals surface area (Å²) in [6, 6.07) is 8.28. The van der Waals surface area contributed by atoms with E-state index in [0.29, 0.717) is 0 Å². The van der Waals surface area contributed by atoms with Crippen LogP contribution < -0.4 is 0 Å². The second-order valence-electron chi connectivity index (χ2n) is 2.61. The van der Waals surface area contributed by atoms with Crippen molar-refractivity contribution in [1.29, 1.82) is 0 Å². The third-order valence-corrected chi connectivity index (χ3v) is 1.94. The Labute approximate surface area is 66.1 Å². The van der Waals surface area contributed by atoms with E-state index in [4.69, 9.17) is 0 Å². The summed E-state index contributed by atoms with van der Waals surface area (Å²) < 4.78 is 0. The molecule has 1 nitrogen and oxygen atoms in total. The summed E-state index contributed by atoms with van der Waals surface area (Å²) in [5.74, 6) is 0. The molecule has 2 aromatic rings. The smallest absolute Gasteiger partial charge is 0.112 e. The highest BCUT2D eigenvalue weighted by atomic mass is 14.7. The van der Waals surface area contributed by atoms with Crippen molar-refractivity contribution >= 4 is 10.9 Å². The normalized spacial score (nSPS) is 10.5. The van der Waals surface area contributed by atoms with Crippen molar-refractivity contribution in [1.82, 2.24) is 4.98 Å². The summed E-state index contributed by atoms with van der Waals surface area (Å²) in [5.41, 5.74) is 2.49. The molecule has 0 radical (unpaired) electrons. The number of aromatic amines is 1. The van der Waals surface area contributed by atoms with Crippen molar-refractivity contribution in [2.75, 3.05) is 0 Å². The SMILES string of the molecule is [CH2+]Cc1c[nH]c2ccccc12. The molecular weight excluding hydrogens is 134 g/mol. The molecule has 0 atom stereocenters. The molecule has 0 fully saturated rings. The van der Waals surface area contributed by atoms with Crippen LogP contribution in [-0.2, 0) is 6.42 Å². The van der Waals surface area contributed by atoms with Gasteiger partial charge in [0.25, 0.3) is 0 Å². The summed E-state index contributed by atoms with van der Waals surface area (Å²) in [6.07, 6.45) is 2.88. The minimum atomic E-state index is 0.851. The van der Waals surface area contributed by atoms with Crippen molar-refractivity contribution in [3.05, 3.63) is 42.9 Å². The molecule has 0 aliphatic heterocycles. The molecule has 0 saturated heterocycles. The Bertz CT molecular complexity index is 360. The van der Waals surface area contributed by atoms with Crippen LogP contribution >= 0.6 is 0 Å². The lowest BCUT2D eigenvalue weighted by atomic mass is 10.1. The van der Waals surface area contributed by atoms with E-state index >= 15 is 0 Å². The van der Waals surface area contributed by atoms with Gasteiger partial charge in [0.15, 0.2) is 0 Å². The molecule has 54 valence electrons. The Hall–Kier alpha value is -1.37. The summed E-state index contributed by atoms with van der Waals surface area (Å²) in [4.78, 5) is 3.20. The summed E-state index contributed by atoms with van der Waals surface area (Å²) in [7, 11) is 0. The Morgan fingerprint density at radius 2 is 2.09 bits per heavy atom.